The quantitative estimate of drug-likeness (QED) is 0.277. The molecule has 0 spiro atoms. The Kier molecular flexibility index (Phi) is 15.7. The smallest absolute Gasteiger partial charge is 0.251 e. The van der Waals surface area contributed by atoms with Gasteiger partial charge < -0.3 is 31.2 Å². The van der Waals surface area contributed by atoms with E-state index in [1.165, 1.54) is 32.1 Å². The van der Waals surface area contributed by atoms with Crippen molar-refractivity contribution in [1.29, 1.82) is 0 Å². The summed E-state index contributed by atoms with van der Waals surface area (Å²) in [5.41, 5.74) is 6.37. The molecule has 1 saturated carbocycles. The van der Waals surface area contributed by atoms with E-state index in [1.807, 2.05) is 40.7 Å². The topological polar surface area (TPSA) is 166 Å². The van der Waals surface area contributed by atoms with E-state index >= 15 is 0 Å². The molecular formula is C37H58N4O7. The van der Waals surface area contributed by atoms with Gasteiger partial charge in [0.1, 0.15) is 19.3 Å². The van der Waals surface area contributed by atoms with Crippen LogP contribution in [-0.2, 0) is 28.7 Å². The van der Waals surface area contributed by atoms with Gasteiger partial charge in [-0.3, -0.25) is 24.0 Å². The Morgan fingerprint density at radius 1 is 0.833 bits per heavy atom. The van der Waals surface area contributed by atoms with Crippen LogP contribution in [0.3, 0.4) is 0 Å². The number of ether oxygens (including phenoxy) is 2. The van der Waals surface area contributed by atoms with Crippen LogP contribution in [0.5, 0.6) is 0 Å². The zero-order chi connectivity index (χ0) is 35.3. The van der Waals surface area contributed by atoms with Gasteiger partial charge in [0.25, 0.3) is 5.91 Å². The number of carbonyl (C=O) groups is 5. The van der Waals surface area contributed by atoms with E-state index < -0.39 is 24.2 Å². The summed E-state index contributed by atoms with van der Waals surface area (Å²) in [6, 6.07) is 6.60. The van der Waals surface area contributed by atoms with Gasteiger partial charge in [0, 0.05) is 17.4 Å². The number of nitrogens with one attached hydrogen (secondary N) is 3. The Morgan fingerprint density at radius 2 is 1.35 bits per heavy atom. The lowest BCUT2D eigenvalue weighted by molar-refractivity contribution is -0.138. The second-order valence-corrected chi connectivity index (χ2v) is 14.8. The molecule has 4 unspecified atom stereocenters. The average Bonchev–Trinajstić information content (AvgIpc) is 3.06. The number of hydrogen-bond donors (Lipinski definition) is 4. The third-order valence-electron chi connectivity index (χ3n) is 9.56. The number of benzene rings is 1. The molecule has 2 saturated heterocycles. The fourth-order valence-corrected chi connectivity index (χ4v) is 6.68. The molecule has 4 rings (SSSR count). The van der Waals surface area contributed by atoms with Gasteiger partial charge in [0.2, 0.25) is 11.8 Å². The molecule has 3 fully saturated rings. The van der Waals surface area contributed by atoms with Crippen LogP contribution >= 0.6 is 0 Å². The van der Waals surface area contributed by atoms with Crippen LogP contribution in [0, 0.1) is 23.2 Å². The number of nitrogens with two attached hydrogens (primary N) is 1. The first kappa shape index (κ1) is 39.3. The first-order valence-corrected chi connectivity index (χ1v) is 17.8. The third-order valence-corrected chi connectivity index (χ3v) is 9.56. The fraction of sp³-hybridized carbons (Fsp3) is 0.703. The van der Waals surface area contributed by atoms with Gasteiger partial charge in [-0.2, -0.15) is 0 Å². The summed E-state index contributed by atoms with van der Waals surface area (Å²) in [7, 11) is 0. The van der Waals surface area contributed by atoms with Crippen LogP contribution < -0.4 is 21.7 Å². The third kappa shape index (κ3) is 12.4. The van der Waals surface area contributed by atoms with Crippen LogP contribution in [0.25, 0.3) is 0 Å². The minimum absolute atomic E-state index is 0.0156. The highest BCUT2D eigenvalue weighted by Crippen LogP contribution is 2.27. The Morgan fingerprint density at radius 3 is 1.85 bits per heavy atom. The van der Waals surface area contributed by atoms with E-state index in [-0.39, 0.29) is 59.8 Å². The predicted molar refractivity (Wildman–Crippen MR) is 184 cm³/mol. The van der Waals surface area contributed by atoms with Crippen molar-refractivity contribution in [3.8, 4) is 0 Å². The lowest BCUT2D eigenvalue weighted by Gasteiger charge is -2.32. The normalized spacial score (nSPS) is 24.8. The summed E-state index contributed by atoms with van der Waals surface area (Å²) in [6.07, 6.45) is 8.89. The van der Waals surface area contributed by atoms with E-state index in [0.717, 1.165) is 19.3 Å². The summed E-state index contributed by atoms with van der Waals surface area (Å²) < 4.78 is 10.5. The number of carbonyl (C=O) groups excluding carboxylic acids is 5. The molecule has 0 aromatic heterocycles. The highest BCUT2D eigenvalue weighted by Gasteiger charge is 2.36. The lowest BCUT2D eigenvalue weighted by atomic mass is 9.84. The zero-order valence-corrected chi connectivity index (χ0v) is 29.6. The molecule has 1 aromatic carbocycles. The van der Waals surface area contributed by atoms with Crippen molar-refractivity contribution in [2.45, 2.75) is 117 Å². The van der Waals surface area contributed by atoms with Crippen LogP contribution in [0.15, 0.2) is 30.3 Å². The molecular weight excluding hydrogens is 612 g/mol. The van der Waals surface area contributed by atoms with Crippen molar-refractivity contribution in [2.75, 3.05) is 26.4 Å². The van der Waals surface area contributed by atoms with Gasteiger partial charge in [-0.25, -0.2) is 0 Å². The Hall–Kier alpha value is -3.15. The van der Waals surface area contributed by atoms with Crippen LogP contribution in [0.2, 0.25) is 0 Å². The second-order valence-electron chi connectivity index (χ2n) is 14.8. The molecule has 0 radical (unpaired) electrons. The molecule has 5 N–H and O–H groups in total. The summed E-state index contributed by atoms with van der Waals surface area (Å²) in [5, 5.41) is 8.56. The SMILES string of the molecule is CCC1COCC(=O)C1NC(=O)[C@@H](N)CC1CCCCC1.CCC1COCC(=O)C1NC(=O)[C@H](CC(C)(C)C)NC(=O)c1ccccc1. The monoisotopic (exact) mass is 670 g/mol. The van der Waals surface area contributed by atoms with Crippen LogP contribution in [0.1, 0.15) is 103 Å². The van der Waals surface area contributed by atoms with Crippen molar-refractivity contribution in [2.24, 2.45) is 28.9 Å². The van der Waals surface area contributed by atoms with Gasteiger partial charge in [0.05, 0.1) is 31.3 Å². The van der Waals surface area contributed by atoms with Gasteiger partial charge in [-0.1, -0.05) is 84.9 Å². The molecule has 2 aliphatic heterocycles. The molecule has 2 heterocycles. The standard InChI is InChI=1S/C21H30N2O4.C16H28N2O3/c1-5-14-12-27-13-17(24)18(14)23-20(26)16(11-21(2,3)4)22-19(25)15-9-7-6-8-10-15;1-2-12-9-21-10-14(19)15(12)18-16(20)13(17)8-11-6-4-3-5-7-11/h6-10,14,16,18H,5,11-13H2,1-4H3,(H,22,25)(H,23,26);11-13,15H,2-10,17H2,1H3,(H,18,20)/t14?,16-,18?;12?,13-,15?/m00/s1. The van der Waals surface area contributed by atoms with Crippen LogP contribution in [0.4, 0.5) is 0 Å². The molecule has 48 heavy (non-hydrogen) atoms. The Labute approximate surface area is 286 Å². The van der Waals surface area contributed by atoms with Gasteiger partial charge in [-0.15, -0.1) is 0 Å². The maximum absolute atomic E-state index is 12.9. The highest BCUT2D eigenvalue weighted by atomic mass is 16.5. The van der Waals surface area contributed by atoms with Crippen LogP contribution in [-0.4, -0.2) is 79.9 Å². The fourth-order valence-electron chi connectivity index (χ4n) is 6.68. The van der Waals surface area contributed by atoms with E-state index in [0.29, 0.717) is 31.1 Å². The van der Waals surface area contributed by atoms with E-state index in [4.69, 9.17) is 15.2 Å². The number of hydrogen-bond acceptors (Lipinski definition) is 8. The van der Waals surface area contributed by atoms with Crippen molar-refractivity contribution in [1.82, 2.24) is 16.0 Å². The minimum atomic E-state index is -0.717. The summed E-state index contributed by atoms with van der Waals surface area (Å²) in [6.45, 7) is 11.1. The largest absolute Gasteiger partial charge is 0.373 e. The molecule has 1 aliphatic carbocycles. The maximum Gasteiger partial charge on any atom is 0.251 e. The predicted octanol–water partition coefficient (Wildman–Crippen LogP) is 3.73. The first-order valence-electron chi connectivity index (χ1n) is 17.8. The van der Waals surface area contributed by atoms with E-state index in [9.17, 15) is 24.0 Å². The van der Waals surface area contributed by atoms with Crippen molar-refractivity contribution < 1.29 is 33.4 Å². The Bertz CT molecular complexity index is 1210. The van der Waals surface area contributed by atoms with Gasteiger partial charge in [0.15, 0.2) is 11.6 Å². The highest BCUT2D eigenvalue weighted by molar-refractivity contribution is 5.98. The summed E-state index contributed by atoms with van der Waals surface area (Å²) in [5.74, 6) is -0.381. The van der Waals surface area contributed by atoms with E-state index in [1.54, 1.807) is 24.3 Å². The van der Waals surface area contributed by atoms with Gasteiger partial charge >= 0.3 is 0 Å². The number of ketones is 2. The lowest BCUT2D eigenvalue weighted by Crippen LogP contribution is -2.57. The molecule has 0 bridgehead atoms. The van der Waals surface area contributed by atoms with Crippen molar-refractivity contribution in [3.63, 3.8) is 0 Å². The average molecular weight is 671 g/mol. The summed E-state index contributed by atoms with van der Waals surface area (Å²) in [4.78, 5) is 61.9. The maximum atomic E-state index is 12.9. The minimum Gasteiger partial charge on any atom is -0.373 e. The zero-order valence-electron chi connectivity index (χ0n) is 29.6. The van der Waals surface area contributed by atoms with Gasteiger partial charge in [-0.05, 0) is 49.1 Å². The molecule has 11 heteroatoms. The van der Waals surface area contributed by atoms with E-state index in [2.05, 4.69) is 16.0 Å². The molecule has 1 aromatic rings. The molecule has 11 nitrogen and oxygen atoms in total. The molecule has 3 amide bonds. The number of rotatable bonds is 11. The Balaban J connectivity index is 0.000000269. The molecule has 268 valence electrons. The van der Waals surface area contributed by atoms with Crippen molar-refractivity contribution >= 4 is 29.3 Å². The number of Topliss-reactive ketones (excluding diaryl/α,β-unsaturated/α-hetero) is 2. The molecule has 3 aliphatic rings. The first-order chi connectivity index (χ1) is 22.8. The molecule has 6 atom stereocenters. The summed E-state index contributed by atoms with van der Waals surface area (Å²) >= 11 is 0. The second kappa shape index (κ2) is 19.1. The number of amides is 3. The van der Waals surface area contributed by atoms with Crippen molar-refractivity contribution in [3.05, 3.63) is 35.9 Å².